The lowest BCUT2D eigenvalue weighted by molar-refractivity contribution is 0.102. The maximum atomic E-state index is 13.0. The van der Waals surface area contributed by atoms with E-state index in [0.29, 0.717) is 24.3 Å². The first-order valence-corrected chi connectivity index (χ1v) is 10.9. The van der Waals surface area contributed by atoms with Gasteiger partial charge in [0.15, 0.2) is 0 Å². The van der Waals surface area contributed by atoms with Crippen molar-refractivity contribution in [1.82, 2.24) is 4.31 Å². The Balaban J connectivity index is 1.57. The highest BCUT2D eigenvalue weighted by molar-refractivity contribution is 7.89. The highest BCUT2D eigenvalue weighted by Gasteiger charge is 2.29. The van der Waals surface area contributed by atoms with Crippen LogP contribution in [0.1, 0.15) is 20.8 Å². The number of para-hydroxylation sites is 1. The van der Waals surface area contributed by atoms with Gasteiger partial charge in [-0.1, -0.05) is 24.3 Å². The van der Waals surface area contributed by atoms with Crippen LogP contribution in [0.5, 0.6) is 0 Å². The lowest BCUT2D eigenvalue weighted by atomic mass is 10.1. The van der Waals surface area contributed by atoms with Crippen molar-refractivity contribution in [2.24, 2.45) is 0 Å². The van der Waals surface area contributed by atoms with Gasteiger partial charge in [-0.25, -0.2) is 8.42 Å². The lowest BCUT2D eigenvalue weighted by Gasteiger charge is -2.26. The number of hydrogen-bond acceptors (Lipinski definition) is 4. The van der Waals surface area contributed by atoms with Gasteiger partial charge in [-0.3, -0.25) is 4.79 Å². The Kier molecular flexibility index (Phi) is 4.82. The van der Waals surface area contributed by atoms with E-state index in [0.717, 1.165) is 12.0 Å². The number of benzene rings is 2. The average molecular weight is 399 g/mol. The Bertz CT molecular complexity index is 1080. The zero-order valence-corrected chi connectivity index (χ0v) is 16.1. The number of fused-ring (bicyclic) bond motifs is 1. The number of rotatable bonds is 4. The Hall–Kier alpha value is -2.48. The van der Waals surface area contributed by atoms with Crippen LogP contribution in [0, 0.1) is 0 Å². The van der Waals surface area contributed by atoms with Crippen molar-refractivity contribution in [3.63, 3.8) is 0 Å². The van der Waals surface area contributed by atoms with E-state index in [1.54, 1.807) is 35.6 Å². The van der Waals surface area contributed by atoms with E-state index in [9.17, 15) is 13.2 Å². The Labute approximate surface area is 162 Å². The van der Waals surface area contributed by atoms with Crippen LogP contribution in [0.2, 0.25) is 0 Å². The molecule has 0 aliphatic carbocycles. The van der Waals surface area contributed by atoms with Crippen molar-refractivity contribution in [2.75, 3.05) is 11.9 Å². The molecule has 0 radical (unpaired) electrons. The SMILES string of the molecule is O=C(Nc1ccccc1)c1cccc(S(=O)(=O)N2CCc3sccc3C2)c1. The fourth-order valence-electron chi connectivity index (χ4n) is 3.10. The van der Waals surface area contributed by atoms with Gasteiger partial charge in [0, 0.05) is 29.2 Å². The van der Waals surface area contributed by atoms with Gasteiger partial charge in [-0.15, -0.1) is 11.3 Å². The number of thiophene rings is 1. The van der Waals surface area contributed by atoms with E-state index in [1.165, 1.54) is 21.3 Å². The van der Waals surface area contributed by atoms with Gasteiger partial charge < -0.3 is 5.32 Å². The molecule has 0 saturated heterocycles. The quantitative estimate of drug-likeness (QED) is 0.728. The minimum atomic E-state index is -3.65. The molecule has 138 valence electrons. The fraction of sp³-hybridized carbons (Fsp3) is 0.150. The topological polar surface area (TPSA) is 66.5 Å². The smallest absolute Gasteiger partial charge is 0.255 e. The molecule has 0 unspecified atom stereocenters. The molecule has 1 aliphatic heterocycles. The molecular weight excluding hydrogens is 380 g/mol. The summed E-state index contributed by atoms with van der Waals surface area (Å²) >= 11 is 1.67. The predicted octanol–water partition coefficient (Wildman–Crippen LogP) is 3.75. The third-order valence-electron chi connectivity index (χ3n) is 4.54. The number of nitrogens with zero attached hydrogens (tertiary/aromatic N) is 1. The van der Waals surface area contributed by atoms with Gasteiger partial charge in [0.05, 0.1) is 4.90 Å². The van der Waals surface area contributed by atoms with Crippen molar-refractivity contribution >= 4 is 33.0 Å². The summed E-state index contributed by atoms with van der Waals surface area (Å²) < 4.78 is 27.6. The molecule has 0 spiro atoms. The first-order valence-electron chi connectivity index (χ1n) is 8.56. The molecule has 0 bridgehead atoms. The molecule has 0 saturated carbocycles. The molecule has 1 amide bonds. The van der Waals surface area contributed by atoms with Gasteiger partial charge >= 0.3 is 0 Å². The van der Waals surface area contributed by atoms with Crippen LogP contribution in [0.3, 0.4) is 0 Å². The third kappa shape index (κ3) is 3.66. The van der Waals surface area contributed by atoms with E-state index in [2.05, 4.69) is 5.32 Å². The highest BCUT2D eigenvalue weighted by Crippen LogP contribution is 2.28. The summed E-state index contributed by atoms with van der Waals surface area (Å²) in [6, 6.07) is 17.3. The zero-order chi connectivity index (χ0) is 18.9. The molecule has 1 N–H and O–H groups in total. The van der Waals surface area contributed by atoms with E-state index < -0.39 is 10.0 Å². The molecule has 2 heterocycles. The summed E-state index contributed by atoms with van der Waals surface area (Å²) in [6.07, 6.45) is 0.723. The second-order valence-corrected chi connectivity index (χ2v) is 9.24. The lowest BCUT2D eigenvalue weighted by Crippen LogP contribution is -2.35. The van der Waals surface area contributed by atoms with E-state index in [-0.39, 0.29) is 10.8 Å². The molecule has 4 rings (SSSR count). The van der Waals surface area contributed by atoms with Crippen LogP contribution >= 0.6 is 11.3 Å². The molecule has 0 fully saturated rings. The summed E-state index contributed by atoms with van der Waals surface area (Å²) in [6.45, 7) is 0.831. The minimum Gasteiger partial charge on any atom is -0.322 e. The van der Waals surface area contributed by atoms with Gasteiger partial charge in [-0.05, 0) is 53.8 Å². The van der Waals surface area contributed by atoms with E-state index in [4.69, 9.17) is 0 Å². The molecule has 1 aliphatic rings. The van der Waals surface area contributed by atoms with Crippen LogP contribution in [-0.2, 0) is 23.0 Å². The number of amides is 1. The van der Waals surface area contributed by atoms with Gasteiger partial charge in [0.1, 0.15) is 0 Å². The largest absolute Gasteiger partial charge is 0.322 e. The summed E-state index contributed by atoms with van der Waals surface area (Å²) in [4.78, 5) is 13.9. The summed E-state index contributed by atoms with van der Waals surface area (Å²) in [7, 11) is -3.65. The molecule has 3 aromatic rings. The van der Waals surface area contributed by atoms with Crippen LogP contribution < -0.4 is 5.32 Å². The second-order valence-electron chi connectivity index (χ2n) is 6.31. The van der Waals surface area contributed by atoms with Crippen molar-refractivity contribution in [1.29, 1.82) is 0 Å². The van der Waals surface area contributed by atoms with Crippen LogP contribution in [0.15, 0.2) is 70.9 Å². The first-order chi connectivity index (χ1) is 13.0. The fourth-order valence-corrected chi connectivity index (χ4v) is 5.45. The van der Waals surface area contributed by atoms with Gasteiger partial charge in [-0.2, -0.15) is 4.31 Å². The van der Waals surface area contributed by atoms with Gasteiger partial charge in [0.25, 0.3) is 5.91 Å². The molecule has 2 aromatic carbocycles. The number of anilines is 1. The Morgan fingerprint density at radius 2 is 1.85 bits per heavy atom. The van der Waals surface area contributed by atoms with Crippen LogP contribution in [-0.4, -0.2) is 25.2 Å². The number of carbonyl (C=O) groups is 1. The summed E-state index contributed by atoms with van der Waals surface area (Å²) in [5.41, 5.74) is 2.04. The van der Waals surface area contributed by atoms with Crippen molar-refractivity contribution < 1.29 is 13.2 Å². The number of hydrogen-bond donors (Lipinski definition) is 1. The van der Waals surface area contributed by atoms with Crippen molar-refractivity contribution in [2.45, 2.75) is 17.9 Å². The maximum Gasteiger partial charge on any atom is 0.255 e. The van der Waals surface area contributed by atoms with Crippen molar-refractivity contribution in [3.8, 4) is 0 Å². The zero-order valence-electron chi connectivity index (χ0n) is 14.5. The van der Waals surface area contributed by atoms with Gasteiger partial charge in [0.2, 0.25) is 10.0 Å². The van der Waals surface area contributed by atoms with Crippen LogP contribution in [0.25, 0.3) is 0 Å². The first kappa shape index (κ1) is 17.9. The maximum absolute atomic E-state index is 13.0. The van der Waals surface area contributed by atoms with E-state index >= 15 is 0 Å². The minimum absolute atomic E-state index is 0.141. The molecule has 1 aromatic heterocycles. The predicted molar refractivity (Wildman–Crippen MR) is 106 cm³/mol. The monoisotopic (exact) mass is 398 g/mol. The second kappa shape index (κ2) is 7.26. The summed E-state index contributed by atoms with van der Waals surface area (Å²) in [5.74, 6) is -0.336. The Morgan fingerprint density at radius 1 is 1.04 bits per heavy atom. The Morgan fingerprint density at radius 3 is 2.67 bits per heavy atom. The molecule has 0 atom stereocenters. The molecular formula is C20H18N2O3S2. The average Bonchev–Trinajstić information content (AvgIpc) is 3.17. The number of carbonyl (C=O) groups excluding carboxylic acids is 1. The van der Waals surface area contributed by atoms with E-state index in [1.807, 2.05) is 29.6 Å². The van der Waals surface area contributed by atoms with Crippen LogP contribution in [0.4, 0.5) is 5.69 Å². The standard InChI is InChI=1S/C20H18N2O3S2/c23-20(21-17-6-2-1-3-7-17)15-5-4-8-18(13-15)27(24,25)22-11-9-19-16(14-22)10-12-26-19/h1-8,10,12-13H,9,11,14H2,(H,21,23). The summed E-state index contributed by atoms with van der Waals surface area (Å²) in [5, 5.41) is 4.78. The third-order valence-corrected chi connectivity index (χ3v) is 7.40. The number of nitrogens with one attached hydrogen (secondary N) is 1. The number of sulfonamides is 1. The molecule has 7 heteroatoms. The van der Waals surface area contributed by atoms with Crippen molar-refractivity contribution in [3.05, 3.63) is 82.0 Å². The molecule has 27 heavy (non-hydrogen) atoms. The highest BCUT2D eigenvalue weighted by atomic mass is 32.2. The normalized spacial score (nSPS) is 14.5. The molecule has 5 nitrogen and oxygen atoms in total.